The zero-order valence-electron chi connectivity index (χ0n) is 12.0. The van der Waals surface area contributed by atoms with Crippen LogP contribution in [0.15, 0.2) is 36.8 Å². The van der Waals surface area contributed by atoms with Crippen molar-refractivity contribution in [3.05, 3.63) is 53.6 Å². The molecule has 0 atom stereocenters. The minimum atomic E-state index is 0.108. The first kappa shape index (κ1) is 13.5. The van der Waals surface area contributed by atoms with Gasteiger partial charge in [-0.25, -0.2) is 9.97 Å². The van der Waals surface area contributed by atoms with Crippen molar-refractivity contribution in [3.8, 4) is 5.75 Å². The first-order valence-electron chi connectivity index (χ1n) is 7.03. The van der Waals surface area contributed by atoms with Crippen molar-refractivity contribution in [2.45, 2.75) is 26.4 Å². The summed E-state index contributed by atoms with van der Waals surface area (Å²) in [6.07, 6.45) is 3.71. The van der Waals surface area contributed by atoms with E-state index in [0.29, 0.717) is 26.1 Å². The van der Waals surface area contributed by atoms with Crippen LogP contribution in [0, 0.1) is 0 Å². The molecule has 0 saturated carbocycles. The third-order valence-corrected chi connectivity index (χ3v) is 3.53. The maximum absolute atomic E-state index is 12.3. The van der Waals surface area contributed by atoms with Gasteiger partial charge in [0.1, 0.15) is 12.1 Å². The average Bonchev–Trinajstić information content (AvgIpc) is 2.94. The van der Waals surface area contributed by atoms with Crippen LogP contribution in [0.3, 0.4) is 0 Å². The molecule has 21 heavy (non-hydrogen) atoms. The first-order valence-corrected chi connectivity index (χ1v) is 7.03. The molecule has 3 rings (SSSR count). The Balaban J connectivity index is 1.62. The molecule has 0 saturated heterocycles. The largest absolute Gasteiger partial charge is 0.494 e. The van der Waals surface area contributed by atoms with Crippen molar-refractivity contribution in [1.29, 1.82) is 0 Å². The molecule has 5 heteroatoms. The van der Waals surface area contributed by atoms with Crippen molar-refractivity contribution >= 4 is 5.91 Å². The Kier molecular flexibility index (Phi) is 3.81. The average molecular weight is 283 g/mol. The zero-order chi connectivity index (χ0) is 14.7. The summed E-state index contributed by atoms with van der Waals surface area (Å²) in [6, 6.07) is 7.67. The molecular formula is C16H17N3O2. The number of carbonyl (C=O) groups excluding carboxylic acids is 1. The van der Waals surface area contributed by atoms with Gasteiger partial charge < -0.3 is 9.64 Å². The van der Waals surface area contributed by atoms with Gasteiger partial charge in [0.2, 0.25) is 5.91 Å². The summed E-state index contributed by atoms with van der Waals surface area (Å²) in [7, 11) is 0. The summed E-state index contributed by atoms with van der Waals surface area (Å²) in [4.78, 5) is 22.4. The molecule has 0 unspecified atom stereocenters. The van der Waals surface area contributed by atoms with E-state index >= 15 is 0 Å². The number of rotatable bonds is 4. The topological polar surface area (TPSA) is 55.3 Å². The second-order valence-corrected chi connectivity index (χ2v) is 5.00. The highest BCUT2D eigenvalue weighted by molar-refractivity contribution is 5.79. The quantitative estimate of drug-likeness (QED) is 0.860. The lowest BCUT2D eigenvalue weighted by Gasteiger charge is -2.15. The molecule has 0 aliphatic carbocycles. The van der Waals surface area contributed by atoms with E-state index in [1.165, 1.54) is 6.33 Å². The van der Waals surface area contributed by atoms with Gasteiger partial charge in [0.25, 0.3) is 0 Å². The Hall–Kier alpha value is -2.43. The monoisotopic (exact) mass is 283 g/mol. The Morgan fingerprint density at radius 2 is 2.10 bits per heavy atom. The zero-order valence-corrected chi connectivity index (χ0v) is 12.0. The summed E-state index contributed by atoms with van der Waals surface area (Å²) < 4.78 is 5.40. The van der Waals surface area contributed by atoms with Crippen LogP contribution in [-0.2, 0) is 24.3 Å². The third kappa shape index (κ3) is 3.02. The molecule has 2 heterocycles. The van der Waals surface area contributed by atoms with E-state index in [1.54, 1.807) is 6.20 Å². The minimum absolute atomic E-state index is 0.108. The number of benzene rings is 1. The highest BCUT2D eigenvalue weighted by Gasteiger charge is 2.24. The van der Waals surface area contributed by atoms with E-state index in [1.807, 2.05) is 36.1 Å². The van der Waals surface area contributed by atoms with Gasteiger partial charge in [-0.15, -0.1) is 0 Å². The highest BCUT2D eigenvalue weighted by Crippen LogP contribution is 2.21. The number of fused-ring (bicyclic) bond motifs is 1. The van der Waals surface area contributed by atoms with Crippen molar-refractivity contribution in [2.24, 2.45) is 0 Å². The van der Waals surface area contributed by atoms with Crippen LogP contribution >= 0.6 is 0 Å². The van der Waals surface area contributed by atoms with Crippen molar-refractivity contribution < 1.29 is 9.53 Å². The molecule has 0 radical (unpaired) electrons. The molecule has 1 aliphatic heterocycles. The van der Waals surface area contributed by atoms with Crippen LogP contribution in [0.5, 0.6) is 5.75 Å². The number of amides is 1. The summed E-state index contributed by atoms with van der Waals surface area (Å²) in [6.45, 7) is 3.77. The lowest BCUT2D eigenvalue weighted by atomic mass is 10.1. The van der Waals surface area contributed by atoms with Crippen LogP contribution in [-0.4, -0.2) is 27.4 Å². The number of nitrogens with zero attached hydrogens (tertiary/aromatic N) is 3. The fourth-order valence-electron chi connectivity index (χ4n) is 2.43. The second-order valence-electron chi connectivity index (χ2n) is 5.00. The molecule has 1 aromatic heterocycles. The van der Waals surface area contributed by atoms with Gasteiger partial charge in [0.05, 0.1) is 25.3 Å². The second kappa shape index (κ2) is 5.91. The Labute approximate surface area is 123 Å². The number of ether oxygens (including phenoxy) is 1. The Bertz CT molecular complexity index is 615. The van der Waals surface area contributed by atoms with Crippen molar-refractivity contribution in [2.75, 3.05) is 6.61 Å². The molecule has 108 valence electrons. The van der Waals surface area contributed by atoms with Crippen LogP contribution in [0.4, 0.5) is 0 Å². The van der Waals surface area contributed by atoms with Crippen molar-refractivity contribution in [3.63, 3.8) is 0 Å². The van der Waals surface area contributed by atoms with E-state index in [9.17, 15) is 4.79 Å². The van der Waals surface area contributed by atoms with Crippen LogP contribution in [0.2, 0.25) is 0 Å². The smallest absolute Gasteiger partial charge is 0.227 e. The molecule has 2 aromatic rings. The van der Waals surface area contributed by atoms with E-state index in [0.717, 1.165) is 22.6 Å². The number of aromatic nitrogens is 2. The first-order chi connectivity index (χ1) is 10.3. The summed E-state index contributed by atoms with van der Waals surface area (Å²) in [5.41, 5.74) is 2.98. The lowest BCUT2D eigenvalue weighted by Crippen LogP contribution is -2.26. The predicted molar refractivity (Wildman–Crippen MR) is 77.6 cm³/mol. The van der Waals surface area contributed by atoms with Gasteiger partial charge in [-0.3, -0.25) is 4.79 Å². The van der Waals surface area contributed by atoms with Crippen LogP contribution in [0.1, 0.15) is 23.7 Å². The predicted octanol–water partition coefficient (Wildman–Crippen LogP) is 1.96. The van der Waals surface area contributed by atoms with E-state index < -0.39 is 0 Å². The maximum Gasteiger partial charge on any atom is 0.227 e. The van der Waals surface area contributed by atoms with E-state index in [4.69, 9.17) is 4.74 Å². The van der Waals surface area contributed by atoms with Crippen LogP contribution < -0.4 is 4.74 Å². The maximum atomic E-state index is 12.3. The number of hydrogen-bond donors (Lipinski definition) is 0. The SMILES string of the molecule is CCOc1ccc(CC(=O)N2Cc3cncnc3C2)cc1. The van der Waals surface area contributed by atoms with Gasteiger partial charge in [0, 0.05) is 18.3 Å². The third-order valence-electron chi connectivity index (χ3n) is 3.53. The van der Waals surface area contributed by atoms with Crippen LogP contribution in [0.25, 0.3) is 0 Å². The summed E-state index contributed by atoms with van der Waals surface area (Å²) >= 11 is 0. The highest BCUT2D eigenvalue weighted by atomic mass is 16.5. The molecule has 1 amide bonds. The fourth-order valence-corrected chi connectivity index (χ4v) is 2.43. The lowest BCUT2D eigenvalue weighted by molar-refractivity contribution is -0.131. The van der Waals surface area contributed by atoms with Gasteiger partial charge in [0.15, 0.2) is 0 Å². The summed E-state index contributed by atoms with van der Waals surface area (Å²) in [5.74, 6) is 0.940. The standard InChI is InChI=1S/C16H17N3O2/c1-2-21-14-5-3-12(4-6-14)7-16(20)19-9-13-8-17-11-18-15(13)10-19/h3-6,8,11H,2,7,9-10H2,1H3. The van der Waals surface area contributed by atoms with Gasteiger partial charge >= 0.3 is 0 Å². The molecule has 1 aliphatic rings. The molecule has 1 aromatic carbocycles. The molecule has 0 fully saturated rings. The Morgan fingerprint density at radius 1 is 1.29 bits per heavy atom. The molecule has 0 bridgehead atoms. The fraction of sp³-hybridized carbons (Fsp3) is 0.312. The van der Waals surface area contributed by atoms with Gasteiger partial charge in [-0.1, -0.05) is 12.1 Å². The van der Waals surface area contributed by atoms with Crippen molar-refractivity contribution in [1.82, 2.24) is 14.9 Å². The molecule has 0 N–H and O–H groups in total. The summed E-state index contributed by atoms with van der Waals surface area (Å²) in [5, 5.41) is 0. The van der Waals surface area contributed by atoms with Gasteiger partial charge in [-0.05, 0) is 24.6 Å². The van der Waals surface area contributed by atoms with E-state index in [-0.39, 0.29) is 5.91 Å². The molecule has 0 spiro atoms. The molecule has 5 nitrogen and oxygen atoms in total. The number of carbonyl (C=O) groups is 1. The number of hydrogen-bond acceptors (Lipinski definition) is 4. The van der Waals surface area contributed by atoms with Gasteiger partial charge in [-0.2, -0.15) is 0 Å². The Morgan fingerprint density at radius 3 is 2.81 bits per heavy atom. The minimum Gasteiger partial charge on any atom is -0.494 e. The molecular weight excluding hydrogens is 266 g/mol. The van der Waals surface area contributed by atoms with E-state index in [2.05, 4.69) is 9.97 Å². The normalized spacial score (nSPS) is 13.1.